The minimum atomic E-state index is -4.14. The van der Waals surface area contributed by atoms with Crippen molar-refractivity contribution in [2.24, 2.45) is 10.7 Å². The summed E-state index contributed by atoms with van der Waals surface area (Å²) in [5.74, 6) is 0.482. The van der Waals surface area contributed by atoms with E-state index in [4.69, 9.17) is 5.73 Å². The zero-order valence-electron chi connectivity index (χ0n) is 10.9. The molecule has 0 amide bonds. The molecule has 0 unspecified atom stereocenters. The van der Waals surface area contributed by atoms with E-state index in [2.05, 4.69) is 4.99 Å². The number of guanidine groups is 1. The smallest absolute Gasteiger partial charge is 0.370 e. The molecule has 0 radical (unpaired) electrons. The van der Waals surface area contributed by atoms with Crippen molar-refractivity contribution in [1.82, 2.24) is 9.80 Å². The summed E-state index contributed by atoms with van der Waals surface area (Å²) < 4.78 is 36.1. The Morgan fingerprint density at radius 1 is 1.33 bits per heavy atom. The maximum absolute atomic E-state index is 12.0. The van der Waals surface area contributed by atoms with Gasteiger partial charge >= 0.3 is 6.18 Å². The van der Waals surface area contributed by atoms with E-state index in [0.29, 0.717) is 31.5 Å². The van der Waals surface area contributed by atoms with Gasteiger partial charge in [-0.15, -0.1) is 0 Å². The summed E-state index contributed by atoms with van der Waals surface area (Å²) in [7, 11) is 3.35. The molecule has 4 nitrogen and oxygen atoms in total. The predicted molar refractivity (Wildman–Crippen MR) is 65.4 cm³/mol. The fourth-order valence-electron chi connectivity index (χ4n) is 1.68. The highest BCUT2D eigenvalue weighted by molar-refractivity contribution is 5.78. The first-order chi connectivity index (χ1) is 8.29. The van der Waals surface area contributed by atoms with Gasteiger partial charge in [-0.1, -0.05) is 0 Å². The number of nitrogens with zero attached hydrogens (tertiary/aromatic N) is 3. The van der Waals surface area contributed by atoms with Crippen LogP contribution >= 0.6 is 0 Å². The van der Waals surface area contributed by atoms with Crippen molar-refractivity contribution in [2.75, 3.05) is 33.7 Å². The highest BCUT2D eigenvalue weighted by Gasteiger charge is 2.29. The molecular weight excluding hydrogens is 245 g/mol. The summed E-state index contributed by atoms with van der Waals surface area (Å²) in [5.41, 5.74) is 5.76. The summed E-state index contributed by atoms with van der Waals surface area (Å²) >= 11 is 0. The largest absolute Gasteiger partial charge is 0.401 e. The van der Waals surface area contributed by atoms with Crippen LogP contribution in [0.4, 0.5) is 13.2 Å². The molecule has 0 aliphatic heterocycles. The Balaban J connectivity index is 2.15. The van der Waals surface area contributed by atoms with Crippen molar-refractivity contribution >= 4 is 5.96 Å². The minimum absolute atomic E-state index is 0.365. The molecule has 1 saturated carbocycles. The van der Waals surface area contributed by atoms with Crippen LogP contribution in [-0.4, -0.2) is 61.7 Å². The second-order valence-electron chi connectivity index (χ2n) is 4.79. The van der Waals surface area contributed by atoms with Crippen LogP contribution in [0.1, 0.15) is 19.3 Å². The summed E-state index contributed by atoms with van der Waals surface area (Å²) in [4.78, 5) is 7.34. The van der Waals surface area contributed by atoms with Crippen LogP contribution < -0.4 is 5.73 Å². The standard InChI is InChI=1S/C11H21F3N4/c1-17(8-11(12,13)14)7-3-6-16-10(15)18(2)9-4-5-9/h9H,3-8H2,1-2H3,(H2,15,16). The van der Waals surface area contributed by atoms with Crippen LogP contribution in [0.25, 0.3) is 0 Å². The zero-order valence-corrected chi connectivity index (χ0v) is 10.9. The maximum Gasteiger partial charge on any atom is 0.401 e. The molecule has 0 aromatic heterocycles. The Labute approximate surface area is 106 Å². The zero-order chi connectivity index (χ0) is 13.8. The first-order valence-electron chi connectivity index (χ1n) is 6.07. The average Bonchev–Trinajstić information content (AvgIpc) is 3.04. The van der Waals surface area contributed by atoms with Crippen molar-refractivity contribution in [3.8, 4) is 0 Å². The number of alkyl halides is 3. The molecular formula is C11H21F3N4. The highest BCUT2D eigenvalue weighted by atomic mass is 19.4. The van der Waals surface area contributed by atoms with Crippen molar-refractivity contribution in [3.05, 3.63) is 0 Å². The Hall–Kier alpha value is -0.980. The van der Waals surface area contributed by atoms with Gasteiger partial charge < -0.3 is 10.6 Å². The van der Waals surface area contributed by atoms with E-state index in [1.165, 1.54) is 11.9 Å². The molecule has 0 heterocycles. The lowest BCUT2D eigenvalue weighted by molar-refractivity contribution is -0.143. The van der Waals surface area contributed by atoms with Crippen LogP contribution in [0.5, 0.6) is 0 Å². The van der Waals surface area contributed by atoms with Crippen molar-refractivity contribution in [1.29, 1.82) is 0 Å². The predicted octanol–water partition coefficient (Wildman–Crippen LogP) is 1.28. The van der Waals surface area contributed by atoms with Crippen LogP contribution in [-0.2, 0) is 0 Å². The molecule has 0 aromatic rings. The molecule has 0 atom stereocenters. The average molecular weight is 266 g/mol. The number of nitrogens with two attached hydrogens (primary N) is 1. The summed E-state index contributed by atoms with van der Waals surface area (Å²) in [5, 5.41) is 0. The van der Waals surface area contributed by atoms with Gasteiger partial charge in [0.05, 0.1) is 6.54 Å². The van der Waals surface area contributed by atoms with Gasteiger partial charge in [0.15, 0.2) is 5.96 Å². The number of halogens is 3. The molecule has 0 aromatic carbocycles. The van der Waals surface area contributed by atoms with E-state index in [9.17, 15) is 13.2 Å². The molecule has 1 aliphatic carbocycles. The molecule has 1 fully saturated rings. The molecule has 0 bridgehead atoms. The van der Waals surface area contributed by atoms with Crippen molar-refractivity contribution < 1.29 is 13.2 Å². The fourth-order valence-corrected chi connectivity index (χ4v) is 1.68. The van der Waals surface area contributed by atoms with Crippen molar-refractivity contribution in [2.45, 2.75) is 31.5 Å². The van der Waals surface area contributed by atoms with Crippen LogP contribution in [0.3, 0.4) is 0 Å². The number of hydrogen-bond acceptors (Lipinski definition) is 2. The third-order valence-electron chi connectivity index (χ3n) is 2.88. The van der Waals surface area contributed by atoms with Gasteiger partial charge in [0, 0.05) is 19.6 Å². The summed E-state index contributed by atoms with van der Waals surface area (Å²) in [6.45, 7) is -0.0529. The lowest BCUT2D eigenvalue weighted by Gasteiger charge is -2.19. The summed E-state index contributed by atoms with van der Waals surface area (Å²) in [6, 6.07) is 0.502. The molecule has 1 aliphatic rings. The first kappa shape index (κ1) is 15.1. The molecule has 106 valence electrons. The third kappa shape index (κ3) is 6.09. The van der Waals surface area contributed by atoms with Gasteiger partial charge in [-0.05, 0) is 32.9 Å². The van der Waals surface area contributed by atoms with Crippen LogP contribution in [0, 0.1) is 0 Å². The molecule has 0 spiro atoms. The van der Waals surface area contributed by atoms with E-state index >= 15 is 0 Å². The fraction of sp³-hybridized carbons (Fsp3) is 0.909. The van der Waals surface area contributed by atoms with Crippen LogP contribution in [0.2, 0.25) is 0 Å². The van der Waals surface area contributed by atoms with Gasteiger partial charge in [-0.25, -0.2) is 0 Å². The molecule has 7 heteroatoms. The SMILES string of the molecule is CN(CCCN=C(N)N(C)C1CC1)CC(F)(F)F. The van der Waals surface area contributed by atoms with E-state index in [1.54, 1.807) is 0 Å². The Bertz CT molecular complexity index is 287. The Morgan fingerprint density at radius 2 is 1.94 bits per heavy atom. The lowest BCUT2D eigenvalue weighted by atomic mass is 10.4. The first-order valence-corrected chi connectivity index (χ1v) is 6.07. The van der Waals surface area contributed by atoms with E-state index in [0.717, 1.165) is 12.8 Å². The minimum Gasteiger partial charge on any atom is -0.370 e. The van der Waals surface area contributed by atoms with E-state index in [1.807, 2.05) is 11.9 Å². The third-order valence-corrected chi connectivity index (χ3v) is 2.88. The van der Waals surface area contributed by atoms with Gasteiger partial charge in [0.25, 0.3) is 0 Å². The lowest BCUT2D eigenvalue weighted by Crippen LogP contribution is -2.36. The van der Waals surface area contributed by atoms with Crippen LogP contribution in [0.15, 0.2) is 4.99 Å². The normalized spacial score (nSPS) is 17.3. The highest BCUT2D eigenvalue weighted by Crippen LogP contribution is 2.24. The number of rotatable bonds is 6. The van der Waals surface area contributed by atoms with Crippen molar-refractivity contribution in [3.63, 3.8) is 0 Å². The monoisotopic (exact) mass is 266 g/mol. The topological polar surface area (TPSA) is 44.9 Å². The maximum atomic E-state index is 12.0. The molecule has 18 heavy (non-hydrogen) atoms. The van der Waals surface area contributed by atoms with E-state index in [-0.39, 0.29) is 0 Å². The quantitative estimate of drug-likeness (QED) is 0.447. The van der Waals surface area contributed by atoms with Gasteiger partial charge in [0.1, 0.15) is 0 Å². The van der Waals surface area contributed by atoms with Gasteiger partial charge in [0.2, 0.25) is 0 Å². The Kier molecular flexibility index (Phi) is 5.25. The van der Waals surface area contributed by atoms with E-state index < -0.39 is 12.7 Å². The Morgan fingerprint density at radius 3 is 2.44 bits per heavy atom. The molecule has 0 saturated heterocycles. The number of aliphatic imine (C=N–C) groups is 1. The van der Waals surface area contributed by atoms with Gasteiger partial charge in [-0.2, -0.15) is 13.2 Å². The van der Waals surface area contributed by atoms with Gasteiger partial charge in [-0.3, -0.25) is 9.89 Å². The second-order valence-corrected chi connectivity index (χ2v) is 4.79. The molecule has 2 N–H and O–H groups in total. The number of hydrogen-bond donors (Lipinski definition) is 1. The summed E-state index contributed by atoms with van der Waals surface area (Å²) in [6.07, 6.45) is -1.28. The second kappa shape index (κ2) is 6.26. The molecule has 1 rings (SSSR count).